The summed E-state index contributed by atoms with van der Waals surface area (Å²) < 4.78 is 15.7. The van der Waals surface area contributed by atoms with E-state index < -0.39 is 5.91 Å². The first-order valence-corrected chi connectivity index (χ1v) is 7.58. The summed E-state index contributed by atoms with van der Waals surface area (Å²) in [6.07, 6.45) is 0. The van der Waals surface area contributed by atoms with Crippen LogP contribution in [0.5, 0.6) is 11.5 Å². The number of ether oxygens (including phenoxy) is 2. The summed E-state index contributed by atoms with van der Waals surface area (Å²) in [5, 5.41) is 10.4. The van der Waals surface area contributed by atoms with Gasteiger partial charge in [-0.15, -0.1) is 10.2 Å². The lowest BCUT2D eigenvalue weighted by atomic mass is 10.2. The van der Waals surface area contributed by atoms with Crippen LogP contribution in [0.15, 0.2) is 52.9 Å². The van der Waals surface area contributed by atoms with E-state index in [0.29, 0.717) is 17.9 Å². The predicted octanol–water partition coefficient (Wildman–Crippen LogP) is 2.68. The third kappa shape index (κ3) is 3.95. The van der Waals surface area contributed by atoms with Crippen LogP contribution in [0.1, 0.15) is 16.2 Å². The van der Waals surface area contributed by atoms with Crippen LogP contribution in [0.25, 0.3) is 11.5 Å². The van der Waals surface area contributed by atoms with E-state index >= 15 is 0 Å². The molecule has 0 aliphatic carbocycles. The van der Waals surface area contributed by atoms with Crippen LogP contribution < -0.4 is 14.8 Å². The van der Waals surface area contributed by atoms with Gasteiger partial charge in [0.25, 0.3) is 0 Å². The van der Waals surface area contributed by atoms with Crippen molar-refractivity contribution in [3.05, 3.63) is 60.0 Å². The van der Waals surface area contributed by atoms with E-state index in [1.807, 2.05) is 36.4 Å². The lowest BCUT2D eigenvalue weighted by molar-refractivity contribution is 0.0917. The Balaban J connectivity index is 1.65. The van der Waals surface area contributed by atoms with Gasteiger partial charge in [0.2, 0.25) is 5.89 Å². The van der Waals surface area contributed by atoms with Crippen LogP contribution in [0.2, 0.25) is 0 Å². The molecule has 25 heavy (non-hydrogen) atoms. The van der Waals surface area contributed by atoms with Crippen molar-refractivity contribution in [3.63, 3.8) is 0 Å². The Morgan fingerprint density at radius 2 is 1.80 bits per heavy atom. The van der Waals surface area contributed by atoms with Gasteiger partial charge >= 0.3 is 11.8 Å². The fourth-order valence-electron chi connectivity index (χ4n) is 2.19. The molecule has 0 spiro atoms. The smallest absolute Gasteiger partial charge is 0.309 e. The Kier molecular flexibility index (Phi) is 4.94. The number of carbonyl (C=O) groups excluding carboxylic acids is 1. The number of hydrogen-bond donors (Lipinski definition) is 1. The number of carbonyl (C=O) groups is 1. The van der Waals surface area contributed by atoms with Gasteiger partial charge in [-0.1, -0.05) is 18.2 Å². The van der Waals surface area contributed by atoms with E-state index in [9.17, 15) is 4.79 Å². The van der Waals surface area contributed by atoms with E-state index in [1.54, 1.807) is 26.4 Å². The Bertz CT molecular complexity index is 859. The first-order valence-electron chi connectivity index (χ1n) is 7.58. The van der Waals surface area contributed by atoms with Gasteiger partial charge in [-0.2, -0.15) is 0 Å². The summed E-state index contributed by atoms with van der Waals surface area (Å²) in [5.41, 5.74) is 1.61. The van der Waals surface area contributed by atoms with Gasteiger partial charge in [0, 0.05) is 12.1 Å². The molecule has 2 aromatic carbocycles. The maximum absolute atomic E-state index is 12.2. The molecule has 0 fully saturated rings. The first kappa shape index (κ1) is 16.5. The number of nitrogens with zero attached hydrogens (tertiary/aromatic N) is 2. The van der Waals surface area contributed by atoms with Gasteiger partial charge in [-0.25, -0.2) is 0 Å². The number of benzene rings is 2. The van der Waals surface area contributed by atoms with Gasteiger partial charge in [0.05, 0.1) is 14.2 Å². The summed E-state index contributed by atoms with van der Waals surface area (Å²) in [7, 11) is 3.18. The molecule has 1 amide bonds. The molecule has 1 heterocycles. The minimum Gasteiger partial charge on any atom is -0.497 e. The monoisotopic (exact) mass is 339 g/mol. The van der Waals surface area contributed by atoms with Crippen LogP contribution >= 0.6 is 0 Å². The lowest BCUT2D eigenvalue weighted by Gasteiger charge is -2.04. The molecule has 0 aliphatic rings. The average molecular weight is 339 g/mol. The van der Waals surface area contributed by atoms with Crippen LogP contribution in [0.4, 0.5) is 0 Å². The van der Waals surface area contributed by atoms with E-state index in [-0.39, 0.29) is 11.8 Å². The average Bonchev–Trinajstić information content (AvgIpc) is 3.17. The van der Waals surface area contributed by atoms with Crippen LogP contribution in [-0.2, 0) is 6.54 Å². The highest BCUT2D eigenvalue weighted by Crippen LogP contribution is 2.22. The molecule has 7 heteroatoms. The summed E-state index contributed by atoms with van der Waals surface area (Å²) in [6, 6.07) is 14.6. The number of aromatic nitrogens is 2. The van der Waals surface area contributed by atoms with Crippen LogP contribution in [-0.4, -0.2) is 30.3 Å². The van der Waals surface area contributed by atoms with E-state index in [1.165, 1.54) is 0 Å². The molecule has 0 aliphatic heterocycles. The van der Waals surface area contributed by atoms with Crippen molar-refractivity contribution in [3.8, 4) is 23.0 Å². The SMILES string of the molecule is COc1ccc(CNC(=O)c2nnc(-c3cccc(OC)c3)o2)cc1. The molecule has 0 bridgehead atoms. The Hall–Kier alpha value is -3.35. The van der Waals surface area contributed by atoms with Crippen molar-refractivity contribution in [1.82, 2.24) is 15.5 Å². The quantitative estimate of drug-likeness (QED) is 0.743. The number of methoxy groups -OCH3 is 2. The highest BCUT2D eigenvalue weighted by atomic mass is 16.5. The molecule has 0 saturated carbocycles. The van der Waals surface area contributed by atoms with E-state index in [4.69, 9.17) is 13.9 Å². The van der Waals surface area contributed by atoms with Crippen LogP contribution in [0.3, 0.4) is 0 Å². The Morgan fingerprint density at radius 3 is 2.52 bits per heavy atom. The van der Waals surface area contributed by atoms with Crippen molar-refractivity contribution in [2.45, 2.75) is 6.54 Å². The fourth-order valence-corrected chi connectivity index (χ4v) is 2.19. The topological polar surface area (TPSA) is 86.5 Å². The molecule has 1 N–H and O–H groups in total. The van der Waals surface area contributed by atoms with Gasteiger partial charge in [-0.3, -0.25) is 4.79 Å². The zero-order valence-corrected chi connectivity index (χ0v) is 13.9. The molecule has 3 rings (SSSR count). The maximum atomic E-state index is 12.2. The first-order chi connectivity index (χ1) is 12.2. The second-order valence-electron chi connectivity index (χ2n) is 5.18. The second-order valence-corrected chi connectivity index (χ2v) is 5.18. The second kappa shape index (κ2) is 7.48. The van der Waals surface area contributed by atoms with Crippen molar-refractivity contribution in [2.75, 3.05) is 14.2 Å². The lowest BCUT2D eigenvalue weighted by Crippen LogP contribution is -2.23. The number of amides is 1. The predicted molar refractivity (Wildman–Crippen MR) is 90.5 cm³/mol. The minimum absolute atomic E-state index is 0.0914. The summed E-state index contributed by atoms with van der Waals surface area (Å²) in [4.78, 5) is 12.2. The van der Waals surface area contributed by atoms with Gasteiger partial charge in [0.15, 0.2) is 0 Å². The van der Waals surface area contributed by atoms with Crippen molar-refractivity contribution >= 4 is 5.91 Å². The molecule has 128 valence electrons. The number of rotatable bonds is 6. The molecule has 0 saturated heterocycles. The standard InChI is InChI=1S/C18H17N3O4/c1-23-14-8-6-12(7-9-14)11-19-16(22)18-21-20-17(25-18)13-4-3-5-15(10-13)24-2/h3-10H,11H2,1-2H3,(H,19,22). The van der Waals surface area contributed by atoms with Gasteiger partial charge < -0.3 is 19.2 Å². The highest BCUT2D eigenvalue weighted by Gasteiger charge is 2.16. The summed E-state index contributed by atoms with van der Waals surface area (Å²) in [5.74, 6) is 1.16. The minimum atomic E-state index is -0.433. The third-order valence-corrected chi connectivity index (χ3v) is 3.55. The van der Waals surface area contributed by atoms with Crippen molar-refractivity contribution in [1.29, 1.82) is 0 Å². The maximum Gasteiger partial charge on any atom is 0.309 e. The molecular weight excluding hydrogens is 322 g/mol. The zero-order valence-electron chi connectivity index (χ0n) is 13.9. The number of nitrogens with one attached hydrogen (secondary N) is 1. The zero-order chi connectivity index (χ0) is 17.6. The Morgan fingerprint density at radius 1 is 1.04 bits per heavy atom. The van der Waals surface area contributed by atoms with E-state index in [2.05, 4.69) is 15.5 Å². The summed E-state index contributed by atoms with van der Waals surface area (Å²) >= 11 is 0. The molecular formula is C18H17N3O4. The molecule has 1 aromatic heterocycles. The van der Waals surface area contributed by atoms with E-state index in [0.717, 1.165) is 11.3 Å². The van der Waals surface area contributed by atoms with Gasteiger partial charge in [-0.05, 0) is 35.9 Å². The largest absolute Gasteiger partial charge is 0.497 e. The van der Waals surface area contributed by atoms with Crippen LogP contribution in [0, 0.1) is 0 Å². The van der Waals surface area contributed by atoms with Crippen molar-refractivity contribution < 1.29 is 18.7 Å². The van der Waals surface area contributed by atoms with Crippen molar-refractivity contribution in [2.24, 2.45) is 0 Å². The molecule has 3 aromatic rings. The fraction of sp³-hybridized carbons (Fsp3) is 0.167. The highest BCUT2D eigenvalue weighted by molar-refractivity contribution is 5.89. The normalized spacial score (nSPS) is 10.3. The third-order valence-electron chi connectivity index (χ3n) is 3.55. The Labute approximate surface area is 144 Å². The molecule has 7 nitrogen and oxygen atoms in total. The van der Waals surface area contributed by atoms with Gasteiger partial charge in [0.1, 0.15) is 11.5 Å². The molecule has 0 atom stereocenters. The number of hydrogen-bond acceptors (Lipinski definition) is 6. The molecule has 0 radical (unpaired) electrons. The molecule has 0 unspecified atom stereocenters. The summed E-state index contributed by atoms with van der Waals surface area (Å²) in [6.45, 7) is 0.347.